The van der Waals surface area contributed by atoms with Crippen LogP contribution in [0, 0.1) is 5.92 Å². The number of nitrogens with zero attached hydrogens (tertiary/aromatic N) is 2. The number of nitrogens with one attached hydrogen (secondary N) is 3. The van der Waals surface area contributed by atoms with Crippen LogP contribution in [-0.4, -0.2) is 83.5 Å². The quantitative estimate of drug-likeness (QED) is 0.267. The number of aliphatic imine (C=N–C) groups is 1. The summed E-state index contributed by atoms with van der Waals surface area (Å²) in [5.74, 6) is 2.17. The van der Waals surface area contributed by atoms with Crippen LogP contribution in [0.1, 0.15) is 32.4 Å². The van der Waals surface area contributed by atoms with Crippen LogP contribution in [0.15, 0.2) is 23.2 Å². The van der Waals surface area contributed by atoms with E-state index < -0.39 is 0 Å². The lowest BCUT2D eigenvalue weighted by molar-refractivity contribution is -0.123. The Balaban J connectivity index is 2.12. The number of ether oxygens (including phenoxy) is 3. The number of rotatable bonds is 11. The van der Waals surface area contributed by atoms with E-state index in [-0.39, 0.29) is 17.9 Å². The number of benzene rings is 1. The Kier molecular flexibility index (Phi) is 11.1. The average Bonchev–Trinajstić information content (AvgIpc) is 2.82. The van der Waals surface area contributed by atoms with Crippen molar-refractivity contribution in [3.8, 4) is 11.5 Å². The number of methoxy groups -OCH3 is 2. The predicted octanol–water partition coefficient (Wildman–Crippen LogP) is 1.40. The largest absolute Gasteiger partial charge is 0.493 e. The molecule has 1 aliphatic rings. The summed E-state index contributed by atoms with van der Waals surface area (Å²) in [6.07, 6.45) is 0. The maximum absolute atomic E-state index is 11.7. The first kappa shape index (κ1) is 25.7. The lowest BCUT2D eigenvalue weighted by Crippen LogP contribution is -2.43. The molecule has 180 valence electrons. The molecule has 1 aromatic carbocycles. The molecule has 1 atom stereocenters. The molecule has 0 saturated carbocycles. The van der Waals surface area contributed by atoms with Gasteiger partial charge in [0.2, 0.25) is 5.91 Å². The molecule has 1 aliphatic heterocycles. The Bertz CT molecular complexity index is 735. The highest BCUT2D eigenvalue weighted by Gasteiger charge is 2.24. The van der Waals surface area contributed by atoms with Gasteiger partial charge in [0.05, 0.1) is 40.0 Å². The molecule has 1 heterocycles. The summed E-state index contributed by atoms with van der Waals surface area (Å²) in [7, 11) is 3.29. The van der Waals surface area contributed by atoms with Crippen molar-refractivity contribution in [1.82, 2.24) is 20.9 Å². The zero-order chi connectivity index (χ0) is 23.3. The van der Waals surface area contributed by atoms with Gasteiger partial charge in [-0.25, -0.2) is 0 Å². The minimum Gasteiger partial charge on any atom is -0.493 e. The van der Waals surface area contributed by atoms with E-state index in [4.69, 9.17) is 19.2 Å². The number of carbonyl (C=O) groups excluding carboxylic acids is 1. The zero-order valence-electron chi connectivity index (χ0n) is 20.1. The Morgan fingerprint density at radius 2 is 1.78 bits per heavy atom. The van der Waals surface area contributed by atoms with E-state index in [1.54, 1.807) is 14.2 Å². The molecule has 1 amide bonds. The van der Waals surface area contributed by atoms with Gasteiger partial charge in [0.15, 0.2) is 17.5 Å². The van der Waals surface area contributed by atoms with Crippen molar-refractivity contribution < 1.29 is 19.0 Å². The summed E-state index contributed by atoms with van der Waals surface area (Å²) in [6, 6.07) is 6.11. The highest BCUT2D eigenvalue weighted by atomic mass is 16.5. The molecule has 2 rings (SSSR count). The average molecular weight is 450 g/mol. The van der Waals surface area contributed by atoms with Crippen LogP contribution >= 0.6 is 0 Å². The second kappa shape index (κ2) is 13.8. The van der Waals surface area contributed by atoms with E-state index in [2.05, 4.69) is 26.9 Å². The van der Waals surface area contributed by atoms with E-state index in [0.717, 1.165) is 31.2 Å². The van der Waals surface area contributed by atoms with Gasteiger partial charge in [0, 0.05) is 38.6 Å². The summed E-state index contributed by atoms with van der Waals surface area (Å²) in [5.41, 5.74) is 1.12. The number of carbonyl (C=O) groups is 1. The van der Waals surface area contributed by atoms with Gasteiger partial charge < -0.3 is 30.2 Å². The molecule has 0 spiro atoms. The molecule has 0 bridgehead atoms. The third-order valence-electron chi connectivity index (χ3n) is 5.29. The van der Waals surface area contributed by atoms with Gasteiger partial charge in [-0.15, -0.1) is 0 Å². The standard InChI is InChI=1S/C23H39N5O4/c1-6-24-23(26-10-9-25-22(29)17(2)3)27-16-19(28-11-13-32-14-12-28)18-7-8-20(30-4)21(15-18)31-5/h7-8,15,17,19H,6,9-14,16H2,1-5H3,(H,25,29)(H2,24,26,27). The van der Waals surface area contributed by atoms with Crippen LogP contribution in [-0.2, 0) is 9.53 Å². The van der Waals surface area contributed by atoms with Gasteiger partial charge in [0.25, 0.3) is 0 Å². The van der Waals surface area contributed by atoms with Crippen LogP contribution < -0.4 is 25.4 Å². The molecule has 1 fully saturated rings. The van der Waals surface area contributed by atoms with E-state index in [9.17, 15) is 4.79 Å². The molecule has 9 nitrogen and oxygen atoms in total. The molecular weight excluding hydrogens is 410 g/mol. The van der Waals surface area contributed by atoms with E-state index >= 15 is 0 Å². The molecule has 0 aromatic heterocycles. The summed E-state index contributed by atoms with van der Waals surface area (Å²) in [6.45, 7) is 11.4. The highest BCUT2D eigenvalue weighted by Crippen LogP contribution is 2.32. The maximum atomic E-state index is 11.7. The summed E-state index contributed by atoms with van der Waals surface area (Å²) < 4.78 is 16.5. The monoisotopic (exact) mass is 449 g/mol. The Morgan fingerprint density at radius 3 is 2.41 bits per heavy atom. The molecule has 3 N–H and O–H groups in total. The normalized spacial score (nSPS) is 15.9. The van der Waals surface area contributed by atoms with Crippen LogP contribution in [0.3, 0.4) is 0 Å². The minimum atomic E-state index is -0.0207. The molecule has 9 heteroatoms. The van der Waals surface area contributed by atoms with Gasteiger partial charge in [-0.2, -0.15) is 0 Å². The van der Waals surface area contributed by atoms with Gasteiger partial charge >= 0.3 is 0 Å². The molecular formula is C23H39N5O4. The van der Waals surface area contributed by atoms with Crippen molar-refractivity contribution in [2.24, 2.45) is 10.9 Å². The lowest BCUT2D eigenvalue weighted by atomic mass is 10.0. The second-order valence-corrected chi connectivity index (χ2v) is 7.87. The molecule has 0 aliphatic carbocycles. The predicted molar refractivity (Wildman–Crippen MR) is 127 cm³/mol. The first-order valence-electron chi connectivity index (χ1n) is 11.3. The number of guanidine groups is 1. The van der Waals surface area contributed by atoms with Crippen LogP contribution in [0.25, 0.3) is 0 Å². The molecule has 1 unspecified atom stereocenters. The van der Waals surface area contributed by atoms with Crippen LogP contribution in [0.2, 0.25) is 0 Å². The molecule has 0 radical (unpaired) electrons. The summed E-state index contributed by atoms with van der Waals surface area (Å²) >= 11 is 0. The van der Waals surface area contributed by atoms with Crippen molar-refractivity contribution in [2.45, 2.75) is 26.8 Å². The van der Waals surface area contributed by atoms with Crippen LogP contribution in [0.5, 0.6) is 11.5 Å². The Morgan fingerprint density at radius 1 is 1.09 bits per heavy atom. The fourth-order valence-corrected chi connectivity index (χ4v) is 3.47. The van der Waals surface area contributed by atoms with Crippen molar-refractivity contribution >= 4 is 11.9 Å². The van der Waals surface area contributed by atoms with E-state index in [0.29, 0.717) is 44.3 Å². The first-order valence-corrected chi connectivity index (χ1v) is 11.3. The molecule has 1 saturated heterocycles. The summed E-state index contributed by atoms with van der Waals surface area (Å²) in [4.78, 5) is 19.0. The fraction of sp³-hybridized carbons (Fsp3) is 0.652. The van der Waals surface area contributed by atoms with Gasteiger partial charge in [-0.1, -0.05) is 19.9 Å². The Labute approximate surface area is 191 Å². The van der Waals surface area contributed by atoms with Crippen LogP contribution in [0.4, 0.5) is 0 Å². The zero-order valence-corrected chi connectivity index (χ0v) is 20.1. The first-order chi connectivity index (χ1) is 15.5. The summed E-state index contributed by atoms with van der Waals surface area (Å²) in [5, 5.41) is 9.50. The van der Waals surface area contributed by atoms with Crippen molar-refractivity contribution in [3.05, 3.63) is 23.8 Å². The third kappa shape index (κ3) is 7.87. The maximum Gasteiger partial charge on any atom is 0.222 e. The van der Waals surface area contributed by atoms with E-state index in [1.165, 1.54) is 0 Å². The highest BCUT2D eigenvalue weighted by molar-refractivity contribution is 5.80. The number of morpholine rings is 1. The molecule has 1 aromatic rings. The lowest BCUT2D eigenvalue weighted by Gasteiger charge is -2.34. The van der Waals surface area contributed by atoms with Gasteiger partial charge in [-0.3, -0.25) is 14.7 Å². The smallest absolute Gasteiger partial charge is 0.222 e. The third-order valence-corrected chi connectivity index (χ3v) is 5.29. The molecule has 32 heavy (non-hydrogen) atoms. The van der Waals surface area contributed by atoms with Crippen molar-refractivity contribution in [1.29, 1.82) is 0 Å². The number of hydrogen-bond acceptors (Lipinski definition) is 6. The van der Waals surface area contributed by atoms with E-state index in [1.807, 2.05) is 32.9 Å². The SMILES string of the molecule is CCNC(=NCC(c1ccc(OC)c(OC)c1)N1CCOCC1)NCCNC(=O)C(C)C. The second-order valence-electron chi connectivity index (χ2n) is 7.87. The van der Waals surface area contributed by atoms with Gasteiger partial charge in [0.1, 0.15) is 0 Å². The van der Waals surface area contributed by atoms with Gasteiger partial charge in [-0.05, 0) is 24.6 Å². The van der Waals surface area contributed by atoms with Crippen molar-refractivity contribution in [2.75, 3.05) is 66.7 Å². The van der Waals surface area contributed by atoms with Crippen molar-refractivity contribution in [3.63, 3.8) is 0 Å². The Hall–Kier alpha value is -2.52. The number of hydrogen-bond donors (Lipinski definition) is 3. The topological polar surface area (TPSA) is 96.5 Å². The fourth-order valence-electron chi connectivity index (χ4n) is 3.47. The minimum absolute atomic E-state index is 0.0207. The number of amides is 1.